The third-order valence-corrected chi connectivity index (χ3v) is 5.13. The van der Waals surface area contributed by atoms with Crippen molar-refractivity contribution in [3.8, 4) is 0 Å². The SMILES string of the molecule is O=C(/C=C/c1cccc2ccccc12)NC(Cn1ccnc1)C(=O)NCc1ccccc1. The van der Waals surface area contributed by atoms with Crippen molar-refractivity contribution in [2.24, 2.45) is 0 Å². The van der Waals surface area contributed by atoms with E-state index in [1.54, 1.807) is 29.4 Å². The molecular formula is C26H24N4O2. The van der Waals surface area contributed by atoms with Gasteiger partial charge in [0.25, 0.3) is 0 Å². The highest BCUT2D eigenvalue weighted by molar-refractivity contribution is 5.98. The molecule has 6 nitrogen and oxygen atoms in total. The zero-order chi connectivity index (χ0) is 22.2. The molecule has 0 spiro atoms. The summed E-state index contributed by atoms with van der Waals surface area (Å²) < 4.78 is 1.77. The average molecular weight is 425 g/mol. The van der Waals surface area contributed by atoms with Crippen LogP contribution in [0.2, 0.25) is 0 Å². The summed E-state index contributed by atoms with van der Waals surface area (Å²) >= 11 is 0. The van der Waals surface area contributed by atoms with E-state index in [2.05, 4.69) is 15.6 Å². The summed E-state index contributed by atoms with van der Waals surface area (Å²) in [6.07, 6.45) is 8.26. The smallest absolute Gasteiger partial charge is 0.244 e. The van der Waals surface area contributed by atoms with E-state index in [0.717, 1.165) is 21.9 Å². The van der Waals surface area contributed by atoms with Gasteiger partial charge in [-0.3, -0.25) is 9.59 Å². The van der Waals surface area contributed by atoms with Crippen LogP contribution in [0.25, 0.3) is 16.8 Å². The van der Waals surface area contributed by atoms with E-state index in [4.69, 9.17) is 0 Å². The number of amides is 2. The molecule has 1 heterocycles. The van der Waals surface area contributed by atoms with Gasteiger partial charge in [-0.25, -0.2) is 4.98 Å². The van der Waals surface area contributed by atoms with Crippen molar-refractivity contribution < 1.29 is 9.59 Å². The van der Waals surface area contributed by atoms with E-state index >= 15 is 0 Å². The van der Waals surface area contributed by atoms with Gasteiger partial charge in [-0.1, -0.05) is 72.8 Å². The summed E-state index contributed by atoms with van der Waals surface area (Å²) in [7, 11) is 0. The van der Waals surface area contributed by atoms with Crippen LogP contribution in [-0.2, 0) is 22.7 Å². The van der Waals surface area contributed by atoms with Gasteiger partial charge in [0, 0.05) is 25.0 Å². The van der Waals surface area contributed by atoms with Crippen molar-refractivity contribution >= 4 is 28.7 Å². The van der Waals surface area contributed by atoms with Crippen molar-refractivity contribution in [1.29, 1.82) is 0 Å². The molecule has 0 fully saturated rings. The molecule has 0 aliphatic heterocycles. The van der Waals surface area contributed by atoms with Crippen LogP contribution in [0.1, 0.15) is 11.1 Å². The first-order chi connectivity index (χ1) is 15.7. The van der Waals surface area contributed by atoms with E-state index in [9.17, 15) is 9.59 Å². The summed E-state index contributed by atoms with van der Waals surface area (Å²) in [6, 6.07) is 22.9. The van der Waals surface area contributed by atoms with Crippen molar-refractivity contribution in [3.05, 3.63) is 109 Å². The molecule has 6 heteroatoms. The van der Waals surface area contributed by atoms with Crippen LogP contribution in [0.5, 0.6) is 0 Å². The predicted molar refractivity (Wildman–Crippen MR) is 125 cm³/mol. The topological polar surface area (TPSA) is 76.0 Å². The molecular weight excluding hydrogens is 400 g/mol. The van der Waals surface area contributed by atoms with E-state index in [1.165, 1.54) is 6.08 Å². The van der Waals surface area contributed by atoms with Gasteiger partial charge in [0.15, 0.2) is 0 Å². The maximum absolute atomic E-state index is 12.8. The molecule has 2 N–H and O–H groups in total. The molecule has 160 valence electrons. The molecule has 1 atom stereocenters. The van der Waals surface area contributed by atoms with Crippen LogP contribution in [-0.4, -0.2) is 27.4 Å². The summed E-state index contributed by atoms with van der Waals surface area (Å²) in [4.78, 5) is 29.5. The molecule has 2 amide bonds. The lowest BCUT2D eigenvalue weighted by atomic mass is 10.0. The Kier molecular flexibility index (Phi) is 6.72. The number of nitrogens with one attached hydrogen (secondary N) is 2. The van der Waals surface area contributed by atoms with Gasteiger partial charge in [-0.2, -0.15) is 0 Å². The maximum atomic E-state index is 12.8. The fourth-order valence-electron chi connectivity index (χ4n) is 3.49. The Labute approximate surface area is 186 Å². The number of nitrogens with zero attached hydrogens (tertiary/aromatic N) is 2. The number of rotatable bonds is 8. The number of benzene rings is 3. The number of carbonyl (C=O) groups excluding carboxylic acids is 2. The number of carbonyl (C=O) groups is 2. The number of imidazole rings is 1. The van der Waals surface area contributed by atoms with Crippen molar-refractivity contribution in [2.75, 3.05) is 0 Å². The van der Waals surface area contributed by atoms with Crippen molar-refractivity contribution in [2.45, 2.75) is 19.1 Å². The number of aromatic nitrogens is 2. The van der Waals surface area contributed by atoms with E-state index < -0.39 is 6.04 Å². The van der Waals surface area contributed by atoms with Crippen molar-refractivity contribution in [3.63, 3.8) is 0 Å². The van der Waals surface area contributed by atoms with Crippen LogP contribution >= 0.6 is 0 Å². The molecule has 0 aliphatic rings. The highest BCUT2D eigenvalue weighted by Crippen LogP contribution is 2.19. The molecule has 0 saturated heterocycles. The second-order valence-corrected chi connectivity index (χ2v) is 7.43. The lowest BCUT2D eigenvalue weighted by molar-refractivity contribution is -0.127. The summed E-state index contributed by atoms with van der Waals surface area (Å²) in [5.74, 6) is -0.590. The Morgan fingerprint density at radius 3 is 2.56 bits per heavy atom. The lowest BCUT2D eigenvalue weighted by Crippen LogP contribution is -2.48. The van der Waals surface area contributed by atoms with Crippen LogP contribution in [0.4, 0.5) is 0 Å². The maximum Gasteiger partial charge on any atom is 0.244 e. The second kappa shape index (κ2) is 10.2. The average Bonchev–Trinajstić information content (AvgIpc) is 3.34. The van der Waals surface area contributed by atoms with Crippen LogP contribution in [0, 0.1) is 0 Å². The number of hydrogen-bond donors (Lipinski definition) is 2. The molecule has 0 aliphatic carbocycles. The largest absolute Gasteiger partial charge is 0.350 e. The highest BCUT2D eigenvalue weighted by Gasteiger charge is 2.20. The third kappa shape index (κ3) is 5.49. The minimum absolute atomic E-state index is 0.255. The second-order valence-electron chi connectivity index (χ2n) is 7.43. The Bertz CT molecular complexity index is 1210. The fourth-order valence-corrected chi connectivity index (χ4v) is 3.49. The molecule has 3 aromatic carbocycles. The van der Waals surface area contributed by atoms with Crippen LogP contribution in [0.15, 0.2) is 97.6 Å². The normalized spacial score (nSPS) is 12.0. The summed E-state index contributed by atoms with van der Waals surface area (Å²) in [6.45, 7) is 0.677. The Morgan fingerprint density at radius 2 is 1.75 bits per heavy atom. The number of hydrogen-bond acceptors (Lipinski definition) is 3. The molecule has 32 heavy (non-hydrogen) atoms. The van der Waals surface area contributed by atoms with Crippen molar-refractivity contribution in [1.82, 2.24) is 20.2 Å². The molecule has 4 aromatic rings. The van der Waals surface area contributed by atoms with Gasteiger partial charge in [0.05, 0.1) is 12.9 Å². The molecule has 1 unspecified atom stereocenters. The standard InChI is InChI=1S/C26H24N4O2/c31-25(14-13-22-11-6-10-21-9-4-5-12-23(21)22)29-24(18-30-16-15-27-19-30)26(32)28-17-20-7-2-1-3-8-20/h1-16,19,24H,17-18H2,(H,28,32)(H,29,31)/b14-13+. The third-order valence-electron chi connectivity index (χ3n) is 5.13. The Balaban J connectivity index is 1.45. The predicted octanol–water partition coefficient (Wildman–Crippen LogP) is 3.55. The van der Waals surface area contributed by atoms with E-state index in [1.807, 2.05) is 72.8 Å². The molecule has 0 bridgehead atoms. The first-order valence-electron chi connectivity index (χ1n) is 10.4. The monoisotopic (exact) mass is 424 g/mol. The minimum Gasteiger partial charge on any atom is -0.350 e. The Hall–Kier alpha value is -4.19. The highest BCUT2D eigenvalue weighted by atomic mass is 16.2. The van der Waals surface area contributed by atoms with Gasteiger partial charge < -0.3 is 15.2 Å². The van der Waals surface area contributed by atoms with Gasteiger partial charge in [0.1, 0.15) is 6.04 Å². The Morgan fingerprint density at radius 1 is 0.969 bits per heavy atom. The summed E-state index contributed by atoms with van der Waals surface area (Å²) in [5.41, 5.74) is 1.93. The fraction of sp³-hybridized carbons (Fsp3) is 0.115. The van der Waals surface area contributed by atoms with Gasteiger partial charge >= 0.3 is 0 Å². The van der Waals surface area contributed by atoms with E-state index in [0.29, 0.717) is 6.54 Å². The quantitative estimate of drug-likeness (QED) is 0.425. The zero-order valence-electron chi connectivity index (χ0n) is 17.5. The molecule has 4 rings (SSSR count). The first kappa shape index (κ1) is 21.1. The molecule has 0 radical (unpaired) electrons. The molecule has 0 saturated carbocycles. The van der Waals surface area contributed by atoms with Crippen LogP contribution in [0.3, 0.4) is 0 Å². The number of fused-ring (bicyclic) bond motifs is 1. The summed E-state index contributed by atoms with van der Waals surface area (Å²) in [5, 5.41) is 7.90. The van der Waals surface area contributed by atoms with E-state index in [-0.39, 0.29) is 18.4 Å². The first-order valence-corrected chi connectivity index (χ1v) is 10.4. The zero-order valence-corrected chi connectivity index (χ0v) is 17.5. The van der Waals surface area contributed by atoms with Gasteiger partial charge in [0.2, 0.25) is 11.8 Å². The minimum atomic E-state index is -0.738. The van der Waals surface area contributed by atoms with Gasteiger partial charge in [-0.05, 0) is 28.0 Å². The lowest BCUT2D eigenvalue weighted by Gasteiger charge is -2.18. The van der Waals surface area contributed by atoms with Crippen LogP contribution < -0.4 is 10.6 Å². The molecule has 1 aromatic heterocycles. The van der Waals surface area contributed by atoms with Gasteiger partial charge in [-0.15, -0.1) is 0 Å².